The second-order valence-electron chi connectivity index (χ2n) is 4.81. The molecule has 1 atom stereocenters. The third-order valence-electron chi connectivity index (χ3n) is 3.19. The summed E-state index contributed by atoms with van der Waals surface area (Å²) in [5.41, 5.74) is 0.694. The van der Waals surface area contributed by atoms with Crippen LogP contribution >= 0.6 is 0 Å². The zero-order valence-electron chi connectivity index (χ0n) is 12.3. The second-order valence-corrected chi connectivity index (χ2v) is 4.81. The molecule has 0 fully saturated rings. The van der Waals surface area contributed by atoms with Crippen LogP contribution in [0.3, 0.4) is 0 Å². The molecule has 1 aromatic carbocycles. The molecule has 0 amide bonds. The van der Waals surface area contributed by atoms with Crippen LogP contribution in [0.15, 0.2) is 24.3 Å². The van der Waals surface area contributed by atoms with Crippen molar-refractivity contribution < 1.29 is 13.9 Å². The van der Waals surface area contributed by atoms with Crippen LogP contribution in [0.2, 0.25) is 0 Å². The first kappa shape index (κ1) is 16.6. The molecule has 0 bridgehead atoms. The molecule has 4 heteroatoms. The van der Waals surface area contributed by atoms with E-state index in [4.69, 9.17) is 4.74 Å². The van der Waals surface area contributed by atoms with Gasteiger partial charge in [0.15, 0.2) is 0 Å². The number of benzene rings is 1. The van der Waals surface area contributed by atoms with Crippen molar-refractivity contribution in [1.82, 2.24) is 5.32 Å². The van der Waals surface area contributed by atoms with Gasteiger partial charge < -0.3 is 10.1 Å². The zero-order valence-corrected chi connectivity index (χ0v) is 12.3. The standard InChI is InChI=1S/C16H24FNO2/c1-3-20-16(19)11-5-4-8-12-18-13(2)14-9-6-7-10-15(14)17/h6-7,9-10,13,18H,3-5,8,11-12H2,1-2H3. The molecule has 3 nitrogen and oxygen atoms in total. The number of esters is 1. The molecule has 0 saturated heterocycles. The molecule has 0 aliphatic heterocycles. The van der Waals surface area contributed by atoms with Gasteiger partial charge in [-0.2, -0.15) is 0 Å². The van der Waals surface area contributed by atoms with Gasteiger partial charge in [-0.25, -0.2) is 4.39 Å². The number of unbranched alkanes of at least 4 members (excludes halogenated alkanes) is 2. The summed E-state index contributed by atoms with van der Waals surface area (Å²) in [6.45, 7) is 5.03. The van der Waals surface area contributed by atoms with E-state index in [0.29, 0.717) is 18.6 Å². The minimum atomic E-state index is -0.171. The van der Waals surface area contributed by atoms with Crippen LogP contribution in [-0.2, 0) is 9.53 Å². The van der Waals surface area contributed by atoms with E-state index in [1.165, 1.54) is 6.07 Å². The molecule has 0 radical (unpaired) electrons. The Balaban J connectivity index is 2.12. The predicted molar refractivity (Wildman–Crippen MR) is 77.9 cm³/mol. The fourth-order valence-electron chi connectivity index (χ4n) is 2.06. The molecule has 112 valence electrons. The topological polar surface area (TPSA) is 38.3 Å². The SMILES string of the molecule is CCOC(=O)CCCCCNC(C)c1ccccc1F. The van der Waals surface area contributed by atoms with Crippen molar-refractivity contribution in [2.45, 2.75) is 45.6 Å². The molecular formula is C16H24FNO2. The Morgan fingerprint density at radius 3 is 2.75 bits per heavy atom. The summed E-state index contributed by atoms with van der Waals surface area (Å²) < 4.78 is 18.4. The Kier molecular flexibility index (Phi) is 7.88. The molecule has 1 rings (SSSR count). The average molecular weight is 281 g/mol. The highest BCUT2D eigenvalue weighted by Crippen LogP contribution is 2.15. The highest BCUT2D eigenvalue weighted by atomic mass is 19.1. The normalized spacial score (nSPS) is 12.2. The van der Waals surface area contributed by atoms with Gasteiger partial charge in [-0.05, 0) is 39.3 Å². The van der Waals surface area contributed by atoms with Crippen LogP contribution in [0, 0.1) is 5.82 Å². The fourth-order valence-corrected chi connectivity index (χ4v) is 2.06. The van der Waals surface area contributed by atoms with Crippen molar-refractivity contribution in [1.29, 1.82) is 0 Å². The van der Waals surface area contributed by atoms with Crippen LogP contribution in [0.25, 0.3) is 0 Å². The van der Waals surface area contributed by atoms with Crippen molar-refractivity contribution in [3.05, 3.63) is 35.6 Å². The van der Waals surface area contributed by atoms with Gasteiger partial charge >= 0.3 is 5.97 Å². The lowest BCUT2D eigenvalue weighted by Gasteiger charge is -2.14. The highest BCUT2D eigenvalue weighted by Gasteiger charge is 2.08. The molecule has 0 aliphatic carbocycles. The maximum atomic E-state index is 13.5. The number of carbonyl (C=O) groups excluding carboxylic acids is 1. The summed E-state index contributed by atoms with van der Waals surface area (Å²) in [5, 5.41) is 3.30. The summed E-state index contributed by atoms with van der Waals surface area (Å²) in [6, 6.07) is 6.82. The molecule has 0 aliphatic rings. The van der Waals surface area contributed by atoms with Gasteiger partial charge in [0.25, 0.3) is 0 Å². The van der Waals surface area contributed by atoms with Gasteiger partial charge in [-0.1, -0.05) is 24.6 Å². The van der Waals surface area contributed by atoms with Crippen molar-refractivity contribution >= 4 is 5.97 Å². The van der Waals surface area contributed by atoms with Crippen LogP contribution < -0.4 is 5.32 Å². The number of hydrogen-bond donors (Lipinski definition) is 1. The highest BCUT2D eigenvalue weighted by molar-refractivity contribution is 5.69. The van der Waals surface area contributed by atoms with Gasteiger partial charge in [-0.15, -0.1) is 0 Å². The van der Waals surface area contributed by atoms with Crippen LogP contribution in [0.4, 0.5) is 4.39 Å². The van der Waals surface area contributed by atoms with Gasteiger partial charge in [0, 0.05) is 18.0 Å². The van der Waals surface area contributed by atoms with Gasteiger partial charge in [0.2, 0.25) is 0 Å². The summed E-state index contributed by atoms with van der Waals surface area (Å²) in [4.78, 5) is 11.1. The monoisotopic (exact) mass is 281 g/mol. The molecule has 1 aromatic rings. The van der Waals surface area contributed by atoms with E-state index in [2.05, 4.69) is 5.32 Å². The molecule has 1 unspecified atom stereocenters. The quantitative estimate of drug-likeness (QED) is 0.555. The van der Waals surface area contributed by atoms with E-state index in [-0.39, 0.29) is 17.8 Å². The summed E-state index contributed by atoms with van der Waals surface area (Å²) in [7, 11) is 0. The molecule has 0 spiro atoms. The minimum absolute atomic E-state index is 0.00116. The van der Waals surface area contributed by atoms with Crippen LogP contribution in [-0.4, -0.2) is 19.1 Å². The Labute approximate surface area is 120 Å². The van der Waals surface area contributed by atoms with E-state index in [1.54, 1.807) is 12.1 Å². The van der Waals surface area contributed by atoms with Crippen molar-refractivity contribution in [3.63, 3.8) is 0 Å². The summed E-state index contributed by atoms with van der Waals surface area (Å²) in [5.74, 6) is -0.296. The number of ether oxygens (including phenoxy) is 1. The van der Waals surface area contributed by atoms with Crippen molar-refractivity contribution in [2.75, 3.05) is 13.2 Å². The number of halogens is 1. The fraction of sp³-hybridized carbons (Fsp3) is 0.562. The van der Waals surface area contributed by atoms with Crippen LogP contribution in [0.5, 0.6) is 0 Å². The first-order chi connectivity index (χ1) is 9.65. The van der Waals surface area contributed by atoms with E-state index in [0.717, 1.165) is 25.8 Å². The van der Waals surface area contributed by atoms with E-state index < -0.39 is 0 Å². The zero-order chi connectivity index (χ0) is 14.8. The van der Waals surface area contributed by atoms with Gasteiger partial charge in [0.05, 0.1) is 6.61 Å². The first-order valence-corrected chi connectivity index (χ1v) is 7.28. The van der Waals surface area contributed by atoms with Crippen molar-refractivity contribution in [3.8, 4) is 0 Å². The molecule has 1 N–H and O–H groups in total. The second kappa shape index (κ2) is 9.48. The first-order valence-electron chi connectivity index (χ1n) is 7.28. The van der Waals surface area contributed by atoms with Gasteiger partial charge in [0.1, 0.15) is 5.82 Å². The maximum Gasteiger partial charge on any atom is 0.305 e. The molecule has 20 heavy (non-hydrogen) atoms. The molecule has 0 aromatic heterocycles. The maximum absolute atomic E-state index is 13.5. The van der Waals surface area contributed by atoms with E-state index in [1.807, 2.05) is 19.9 Å². The summed E-state index contributed by atoms with van der Waals surface area (Å²) in [6.07, 6.45) is 3.26. The number of carbonyl (C=O) groups is 1. The number of hydrogen-bond acceptors (Lipinski definition) is 3. The molecular weight excluding hydrogens is 257 g/mol. The lowest BCUT2D eigenvalue weighted by molar-refractivity contribution is -0.143. The third-order valence-corrected chi connectivity index (χ3v) is 3.19. The lowest BCUT2D eigenvalue weighted by atomic mass is 10.1. The van der Waals surface area contributed by atoms with E-state index >= 15 is 0 Å². The third kappa shape index (κ3) is 6.15. The average Bonchev–Trinajstić information content (AvgIpc) is 2.43. The Bertz CT molecular complexity index is 409. The number of nitrogens with one attached hydrogen (secondary N) is 1. The predicted octanol–water partition coefficient (Wildman–Crippen LogP) is 3.60. The largest absolute Gasteiger partial charge is 0.466 e. The summed E-state index contributed by atoms with van der Waals surface area (Å²) >= 11 is 0. The van der Waals surface area contributed by atoms with E-state index in [9.17, 15) is 9.18 Å². The number of rotatable bonds is 9. The Morgan fingerprint density at radius 1 is 1.30 bits per heavy atom. The van der Waals surface area contributed by atoms with Crippen molar-refractivity contribution in [2.24, 2.45) is 0 Å². The molecule has 0 heterocycles. The van der Waals surface area contributed by atoms with Gasteiger partial charge in [-0.3, -0.25) is 4.79 Å². The molecule has 0 saturated carbocycles. The lowest BCUT2D eigenvalue weighted by Crippen LogP contribution is -2.20. The Morgan fingerprint density at radius 2 is 2.05 bits per heavy atom. The van der Waals surface area contributed by atoms with Crippen LogP contribution in [0.1, 0.15) is 51.1 Å². The minimum Gasteiger partial charge on any atom is -0.466 e. The smallest absolute Gasteiger partial charge is 0.305 e. The Hall–Kier alpha value is -1.42.